The van der Waals surface area contributed by atoms with Crippen molar-refractivity contribution in [2.45, 2.75) is 52.0 Å². The van der Waals surface area contributed by atoms with Crippen molar-refractivity contribution < 1.29 is 0 Å². The summed E-state index contributed by atoms with van der Waals surface area (Å²) in [5, 5.41) is 14.5. The molecule has 4 heteroatoms. The predicted octanol–water partition coefficient (Wildman–Crippen LogP) is 3.11. The first-order chi connectivity index (χ1) is 7.76. The molecule has 2 unspecified atom stereocenters. The monoisotopic (exact) mass is 239 g/mol. The van der Waals surface area contributed by atoms with Crippen LogP contribution in [-0.2, 0) is 0 Å². The number of rotatable bonds is 6. The van der Waals surface area contributed by atoms with Crippen molar-refractivity contribution in [3.63, 3.8) is 0 Å². The molecule has 1 aliphatic rings. The Bertz CT molecular complexity index is 333. The first kappa shape index (κ1) is 12.0. The Balaban J connectivity index is 2.04. The Hall–Kier alpha value is -0.480. The van der Waals surface area contributed by atoms with Gasteiger partial charge in [-0.15, -0.1) is 10.2 Å². The summed E-state index contributed by atoms with van der Waals surface area (Å²) in [6.07, 6.45) is 3.83. The minimum absolute atomic E-state index is 0.391. The van der Waals surface area contributed by atoms with Crippen LogP contribution in [0.4, 0.5) is 0 Å². The molecule has 0 bridgehead atoms. The van der Waals surface area contributed by atoms with E-state index in [1.54, 1.807) is 11.3 Å². The second-order valence-electron chi connectivity index (χ2n) is 4.62. The van der Waals surface area contributed by atoms with E-state index in [-0.39, 0.29) is 0 Å². The fourth-order valence-electron chi connectivity index (χ4n) is 2.02. The van der Waals surface area contributed by atoms with Crippen LogP contribution in [0.25, 0.3) is 0 Å². The highest BCUT2D eigenvalue weighted by Crippen LogP contribution is 2.43. The molecule has 1 saturated carbocycles. The standard InChI is InChI=1S/C12H21N3S/c1-4-10(13-5-2)12-15-14-11(16-12)8(3)9-6-7-9/h8-10,13H,4-7H2,1-3H3. The van der Waals surface area contributed by atoms with Crippen molar-refractivity contribution in [2.75, 3.05) is 6.54 Å². The average Bonchev–Trinajstić information content (AvgIpc) is 3.03. The zero-order chi connectivity index (χ0) is 11.5. The molecule has 1 heterocycles. The Kier molecular flexibility index (Phi) is 3.92. The van der Waals surface area contributed by atoms with E-state index in [1.807, 2.05) is 0 Å². The summed E-state index contributed by atoms with van der Waals surface area (Å²) in [5.74, 6) is 1.49. The minimum Gasteiger partial charge on any atom is -0.308 e. The summed E-state index contributed by atoms with van der Waals surface area (Å²) < 4.78 is 0. The Morgan fingerprint density at radius 3 is 2.56 bits per heavy atom. The van der Waals surface area contributed by atoms with Gasteiger partial charge in [0.05, 0.1) is 6.04 Å². The highest BCUT2D eigenvalue weighted by molar-refractivity contribution is 7.11. The van der Waals surface area contributed by atoms with Gasteiger partial charge in [0, 0.05) is 5.92 Å². The fourth-order valence-corrected chi connectivity index (χ4v) is 3.17. The number of nitrogens with one attached hydrogen (secondary N) is 1. The SMILES string of the molecule is CCNC(CC)c1nnc(C(C)C2CC2)s1. The number of aromatic nitrogens is 2. The van der Waals surface area contributed by atoms with Gasteiger partial charge >= 0.3 is 0 Å². The molecule has 16 heavy (non-hydrogen) atoms. The largest absolute Gasteiger partial charge is 0.308 e. The lowest BCUT2D eigenvalue weighted by Crippen LogP contribution is -2.19. The van der Waals surface area contributed by atoms with Crippen molar-refractivity contribution in [3.8, 4) is 0 Å². The van der Waals surface area contributed by atoms with Crippen LogP contribution in [0.2, 0.25) is 0 Å². The first-order valence-corrected chi connectivity index (χ1v) is 7.14. The van der Waals surface area contributed by atoms with Crippen LogP contribution < -0.4 is 5.32 Å². The topological polar surface area (TPSA) is 37.8 Å². The van der Waals surface area contributed by atoms with E-state index in [0.717, 1.165) is 23.9 Å². The quantitative estimate of drug-likeness (QED) is 0.829. The van der Waals surface area contributed by atoms with Gasteiger partial charge in [-0.2, -0.15) is 0 Å². The van der Waals surface area contributed by atoms with E-state index in [2.05, 4.69) is 36.3 Å². The molecule has 0 aliphatic heterocycles. The molecule has 0 aromatic carbocycles. The van der Waals surface area contributed by atoms with E-state index in [0.29, 0.717) is 12.0 Å². The molecular formula is C12H21N3S. The molecule has 0 amide bonds. The lowest BCUT2D eigenvalue weighted by molar-refractivity contribution is 0.530. The number of nitrogens with zero attached hydrogens (tertiary/aromatic N) is 2. The van der Waals surface area contributed by atoms with Gasteiger partial charge in [-0.3, -0.25) is 0 Å². The molecule has 0 radical (unpaired) electrons. The van der Waals surface area contributed by atoms with Crippen LogP contribution in [0.15, 0.2) is 0 Å². The van der Waals surface area contributed by atoms with Gasteiger partial charge in [-0.05, 0) is 31.7 Å². The van der Waals surface area contributed by atoms with Crippen LogP contribution in [-0.4, -0.2) is 16.7 Å². The molecule has 0 spiro atoms. The van der Waals surface area contributed by atoms with Crippen molar-refractivity contribution in [1.29, 1.82) is 0 Å². The lowest BCUT2D eigenvalue weighted by Gasteiger charge is -2.11. The van der Waals surface area contributed by atoms with Gasteiger partial charge in [0.1, 0.15) is 10.0 Å². The maximum atomic E-state index is 4.36. The molecule has 2 rings (SSSR count). The van der Waals surface area contributed by atoms with Gasteiger partial charge in [-0.25, -0.2) is 0 Å². The van der Waals surface area contributed by atoms with Crippen molar-refractivity contribution >= 4 is 11.3 Å². The van der Waals surface area contributed by atoms with E-state index >= 15 is 0 Å². The van der Waals surface area contributed by atoms with Crippen LogP contribution in [0.5, 0.6) is 0 Å². The highest BCUT2D eigenvalue weighted by atomic mass is 32.1. The molecule has 1 aromatic rings. The molecule has 1 aliphatic carbocycles. The van der Waals surface area contributed by atoms with E-state index in [1.165, 1.54) is 17.8 Å². The minimum atomic E-state index is 0.391. The molecule has 2 atom stereocenters. The van der Waals surface area contributed by atoms with Crippen molar-refractivity contribution in [3.05, 3.63) is 10.0 Å². The maximum Gasteiger partial charge on any atom is 0.134 e. The Labute approximate surface area is 102 Å². The van der Waals surface area contributed by atoms with E-state index in [4.69, 9.17) is 0 Å². The van der Waals surface area contributed by atoms with Crippen LogP contribution in [0.1, 0.15) is 62.0 Å². The van der Waals surface area contributed by atoms with Gasteiger partial charge in [0.15, 0.2) is 0 Å². The van der Waals surface area contributed by atoms with E-state index in [9.17, 15) is 0 Å². The van der Waals surface area contributed by atoms with Crippen molar-refractivity contribution in [2.24, 2.45) is 5.92 Å². The van der Waals surface area contributed by atoms with E-state index < -0.39 is 0 Å². The summed E-state index contributed by atoms with van der Waals surface area (Å²) in [6, 6.07) is 0.391. The third-order valence-electron chi connectivity index (χ3n) is 3.33. The zero-order valence-corrected chi connectivity index (χ0v) is 11.2. The Morgan fingerprint density at radius 2 is 2.00 bits per heavy atom. The van der Waals surface area contributed by atoms with Gasteiger partial charge in [-0.1, -0.05) is 32.1 Å². The van der Waals surface area contributed by atoms with Crippen LogP contribution >= 0.6 is 11.3 Å². The fraction of sp³-hybridized carbons (Fsp3) is 0.833. The first-order valence-electron chi connectivity index (χ1n) is 6.32. The summed E-state index contributed by atoms with van der Waals surface area (Å²) in [6.45, 7) is 7.61. The molecule has 1 N–H and O–H groups in total. The third-order valence-corrected chi connectivity index (χ3v) is 4.57. The summed E-state index contributed by atoms with van der Waals surface area (Å²) >= 11 is 1.80. The predicted molar refractivity (Wildman–Crippen MR) is 67.8 cm³/mol. The van der Waals surface area contributed by atoms with Crippen LogP contribution in [0, 0.1) is 5.92 Å². The van der Waals surface area contributed by atoms with Crippen molar-refractivity contribution in [1.82, 2.24) is 15.5 Å². The second-order valence-corrected chi connectivity index (χ2v) is 5.66. The molecule has 3 nitrogen and oxygen atoms in total. The smallest absolute Gasteiger partial charge is 0.134 e. The second kappa shape index (κ2) is 5.23. The maximum absolute atomic E-state index is 4.36. The van der Waals surface area contributed by atoms with Gasteiger partial charge in [0.25, 0.3) is 0 Å². The summed E-state index contributed by atoms with van der Waals surface area (Å²) in [7, 11) is 0. The van der Waals surface area contributed by atoms with Gasteiger partial charge in [0.2, 0.25) is 0 Å². The zero-order valence-electron chi connectivity index (χ0n) is 10.4. The highest BCUT2D eigenvalue weighted by Gasteiger charge is 2.31. The molecule has 1 fully saturated rings. The Morgan fingerprint density at radius 1 is 1.31 bits per heavy atom. The number of hydrogen-bond acceptors (Lipinski definition) is 4. The molecule has 1 aromatic heterocycles. The van der Waals surface area contributed by atoms with Crippen LogP contribution in [0.3, 0.4) is 0 Å². The molecular weight excluding hydrogens is 218 g/mol. The molecule has 0 saturated heterocycles. The summed E-state index contributed by atoms with van der Waals surface area (Å²) in [5.41, 5.74) is 0. The average molecular weight is 239 g/mol. The molecule has 90 valence electrons. The summed E-state index contributed by atoms with van der Waals surface area (Å²) in [4.78, 5) is 0. The number of hydrogen-bond donors (Lipinski definition) is 1. The lowest BCUT2D eigenvalue weighted by atomic mass is 10.1. The van der Waals surface area contributed by atoms with Gasteiger partial charge < -0.3 is 5.32 Å². The third kappa shape index (κ3) is 2.61. The normalized spacial score (nSPS) is 19.7.